The monoisotopic (exact) mass is 175 g/mol. The normalized spacial score (nSPS) is 11.0. The van der Waals surface area contributed by atoms with Crippen molar-refractivity contribution in [2.45, 2.75) is 27.2 Å². The molecule has 0 spiro atoms. The Balaban J connectivity index is 2.70. The van der Waals surface area contributed by atoms with Crippen molar-refractivity contribution in [3.8, 4) is 0 Å². The summed E-state index contributed by atoms with van der Waals surface area (Å²) >= 11 is 0. The third-order valence-corrected chi connectivity index (χ3v) is 2.30. The van der Waals surface area contributed by atoms with Crippen LogP contribution < -0.4 is 0 Å². The molecule has 2 aromatic heterocycles. The molecule has 2 aromatic rings. The standard InChI is InChI=1S/C10H13N3/c1-4-9-12-8-5-6(2)7(3)11-10(8)13-9/h5H,4H2,1-3H3,(H,11,12,13). The van der Waals surface area contributed by atoms with Crippen LogP contribution in [-0.2, 0) is 6.42 Å². The van der Waals surface area contributed by atoms with Crippen molar-refractivity contribution < 1.29 is 0 Å². The molecule has 3 heteroatoms. The van der Waals surface area contributed by atoms with Crippen LogP contribution in [-0.4, -0.2) is 15.0 Å². The second-order valence-corrected chi connectivity index (χ2v) is 3.30. The Morgan fingerprint density at radius 2 is 2.08 bits per heavy atom. The summed E-state index contributed by atoms with van der Waals surface area (Å²) in [6.07, 6.45) is 0.925. The van der Waals surface area contributed by atoms with E-state index in [2.05, 4.69) is 34.9 Å². The fourth-order valence-electron chi connectivity index (χ4n) is 1.35. The zero-order valence-electron chi connectivity index (χ0n) is 8.18. The average Bonchev–Trinajstić information content (AvgIpc) is 2.48. The molecule has 1 N–H and O–H groups in total. The number of imidazole rings is 1. The van der Waals surface area contributed by atoms with Gasteiger partial charge in [0.15, 0.2) is 5.65 Å². The number of fused-ring (bicyclic) bond motifs is 1. The molecule has 0 amide bonds. The largest absolute Gasteiger partial charge is 0.341 e. The van der Waals surface area contributed by atoms with Gasteiger partial charge >= 0.3 is 0 Å². The smallest absolute Gasteiger partial charge is 0.177 e. The molecule has 0 saturated heterocycles. The molecule has 0 saturated carbocycles. The van der Waals surface area contributed by atoms with E-state index in [9.17, 15) is 0 Å². The van der Waals surface area contributed by atoms with Gasteiger partial charge in [0.2, 0.25) is 0 Å². The molecule has 0 radical (unpaired) electrons. The lowest BCUT2D eigenvalue weighted by molar-refractivity contribution is 0.996. The Morgan fingerprint density at radius 1 is 1.31 bits per heavy atom. The van der Waals surface area contributed by atoms with E-state index in [0.717, 1.165) is 29.1 Å². The van der Waals surface area contributed by atoms with Gasteiger partial charge in [0.25, 0.3) is 0 Å². The van der Waals surface area contributed by atoms with Crippen molar-refractivity contribution in [3.05, 3.63) is 23.1 Å². The summed E-state index contributed by atoms with van der Waals surface area (Å²) in [5, 5.41) is 0. The number of H-pyrrole nitrogens is 1. The van der Waals surface area contributed by atoms with Crippen LogP contribution in [0.2, 0.25) is 0 Å². The maximum Gasteiger partial charge on any atom is 0.177 e. The molecule has 68 valence electrons. The van der Waals surface area contributed by atoms with Crippen molar-refractivity contribution in [1.29, 1.82) is 0 Å². The van der Waals surface area contributed by atoms with Crippen LogP contribution in [0.4, 0.5) is 0 Å². The Labute approximate surface area is 77.2 Å². The van der Waals surface area contributed by atoms with Gasteiger partial charge in [0.05, 0.1) is 5.52 Å². The molecule has 0 aliphatic rings. The van der Waals surface area contributed by atoms with E-state index < -0.39 is 0 Å². The van der Waals surface area contributed by atoms with Gasteiger partial charge in [-0.05, 0) is 25.5 Å². The summed E-state index contributed by atoms with van der Waals surface area (Å²) in [4.78, 5) is 12.0. The Hall–Kier alpha value is -1.38. The molecule has 2 heterocycles. The van der Waals surface area contributed by atoms with Gasteiger partial charge in [0.1, 0.15) is 5.82 Å². The zero-order chi connectivity index (χ0) is 9.42. The molecule has 2 rings (SSSR count). The first-order valence-corrected chi connectivity index (χ1v) is 4.53. The third kappa shape index (κ3) is 1.30. The molecular formula is C10H13N3. The maximum absolute atomic E-state index is 4.40. The third-order valence-electron chi connectivity index (χ3n) is 2.30. The number of aromatic nitrogens is 3. The highest BCUT2D eigenvalue weighted by Crippen LogP contribution is 2.13. The number of nitrogens with zero attached hydrogens (tertiary/aromatic N) is 2. The lowest BCUT2D eigenvalue weighted by atomic mass is 10.2. The van der Waals surface area contributed by atoms with Crippen LogP contribution in [0.25, 0.3) is 11.2 Å². The van der Waals surface area contributed by atoms with Crippen LogP contribution in [0.1, 0.15) is 24.0 Å². The summed E-state index contributed by atoms with van der Waals surface area (Å²) in [6.45, 7) is 6.15. The molecule has 3 nitrogen and oxygen atoms in total. The van der Waals surface area contributed by atoms with Gasteiger partial charge < -0.3 is 4.98 Å². The molecule has 0 aromatic carbocycles. The topological polar surface area (TPSA) is 41.6 Å². The molecule has 0 atom stereocenters. The maximum atomic E-state index is 4.40. The summed E-state index contributed by atoms with van der Waals surface area (Å²) in [5.41, 5.74) is 4.14. The van der Waals surface area contributed by atoms with Gasteiger partial charge in [-0.25, -0.2) is 9.97 Å². The van der Waals surface area contributed by atoms with Crippen LogP contribution in [0, 0.1) is 13.8 Å². The van der Waals surface area contributed by atoms with E-state index in [1.165, 1.54) is 5.56 Å². The molecule has 0 fully saturated rings. The minimum absolute atomic E-state index is 0.833. The lowest BCUT2D eigenvalue weighted by Crippen LogP contribution is -1.86. The average molecular weight is 175 g/mol. The van der Waals surface area contributed by atoms with Crippen molar-refractivity contribution >= 4 is 11.2 Å². The summed E-state index contributed by atoms with van der Waals surface area (Å²) in [7, 11) is 0. The number of aromatic amines is 1. The number of rotatable bonds is 1. The summed E-state index contributed by atoms with van der Waals surface area (Å²) in [5.74, 6) is 1.01. The fraction of sp³-hybridized carbons (Fsp3) is 0.400. The highest BCUT2D eigenvalue weighted by molar-refractivity contribution is 5.71. The first kappa shape index (κ1) is 8.23. The first-order chi connectivity index (χ1) is 6.20. The lowest BCUT2D eigenvalue weighted by Gasteiger charge is -1.96. The van der Waals surface area contributed by atoms with Gasteiger partial charge in [-0.3, -0.25) is 0 Å². The van der Waals surface area contributed by atoms with Crippen molar-refractivity contribution in [3.63, 3.8) is 0 Å². The molecule has 13 heavy (non-hydrogen) atoms. The Bertz CT molecular complexity index is 404. The zero-order valence-corrected chi connectivity index (χ0v) is 8.18. The molecule has 0 unspecified atom stereocenters. The van der Waals surface area contributed by atoms with Crippen LogP contribution in [0.5, 0.6) is 0 Å². The van der Waals surface area contributed by atoms with Gasteiger partial charge in [0, 0.05) is 12.1 Å². The van der Waals surface area contributed by atoms with E-state index in [0.29, 0.717) is 0 Å². The quantitative estimate of drug-likeness (QED) is 0.721. The highest BCUT2D eigenvalue weighted by Gasteiger charge is 2.03. The highest BCUT2D eigenvalue weighted by atomic mass is 15.0. The molecule has 0 aliphatic carbocycles. The number of aryl methyl sites for hydroxylation is 3. The Morgan fingerprint density at radius 3 is 2.77 bits per heavy atom. The van der Waals surface area contributed by atoms with Crippen molar-refractivity contribution in [1.82, 2.24) is 15.0 Å². The number of hydrogen-bond acceptors (Lipinski definition) is 2. The van der Waals surface area contributed by atoms with E-state index in [-0.39, 0.29) is 0 Å². The second kappa shape index (κ2) is 2.83. The Kier molecular flexibility index (Phi) is 1.79. The predicted octanol–water partition coefficient (Wildman–Crippen LogP) is 2.14. The minimum atomic E-state index is 0.833. The summed E-state index contributed by atoms with van der Waals surface area (Å²) in [6, 6.07) is 2.10. The number of pyridine rings is 1. The first-order valence-electron chi connectivity index (χ1n) is 4.53. The van der Waals surface area contributed by atoms with E-state index in [1.807, 2.05) is 6.92 Å². The second-order valence-electron chi connectivity index (χ2n) is 3.30. The minimum Gasteiger partial charge on any atom is -0.341 e. The van der Waals surface area contributed by atoms with Crippen LogP contribution in [0.3, 0.4) is 0 Å². The van der Waals surface area contributed by atoms with Gasteiger partial charge in [-0.2, -0.15) is 0 Å². The number of nitrogens with one attached hydrogen (secondary N) is 1. The van der Waals surface area contributed by atoms with E-state index in [1.54, 1.807) is 0 Å². The fourth-order valence-corrected chi connectivity index (χ4v) is 1.35. The van der Waals surface area contributed by atoms with Gasteiger partial charge in [-0.15, -0.1) is 0 Å². The van der Waals surface area contributed by atoms with E-state index >= 15 is 0 Å². The number of hydrogen-bond donors (Lipinski definition) is 1. The SMILES string of the molecule is CCc1nc2nc(C)c(C)cc2[nH]1. The van der Waals surface area contributed by atoms with Crippen LogP contribution >= 0.6 is 0 Å². The van der Waals surface area contributed by atoms with Crippen molar-refractivity contribution in [2.24, 2.45) is 0 Å². The molecule has 0 bridgehead atoms. The van der Waals surface area contributed by atoms with Gasteiger partial charge in [-0.1, -0.05) is 6.92 Å². The summed E-state index contributed by atoms with van der Waals surface area (Å²) < 4.78 is 0. The van der Waals surface area contributed by atoms with Crippen LogP contribution in [0.15, 0.2) is 6.07 Å². The predicted molar refractivity (Wildman–Crippen MR) is 52.7 cm³/mol. The molecular weight excluding hydrogens is 162 g/mol. The molecule has 0 aliphatic heterocycles. The van der Waals surface area contributed by atoms with E-state index in [4.69, 9.17) is 0 Å². The van der Waals surface area contributed by atoms with Crippen molar-refractivity contribution in [2.75, 3.05) is 0 Å².